The highest BCUT2D eigenvalue weighted by molar-refractivity contribution is 7.98. The van der Waals surface area contributed by atoms with Crippen LogP contribution in [0.5, 0.6) is 5.75 Å². The first kappa shape index (κ1) is 15.2. The van der Waals surface area contributed by atoms with Crippen molar-refractivity contribution < 1.29 is 14.3 Å². The van der Waals surface area contributed by atoms with Gasteiger partial charge < -0.3 is 14.8 Å². The van der Waals surface area contributed by atoms with Crippen molar-refractivity contribution in [2.75, 3.05) is 19.4 Å². The average molecular weight is 295 g/mol. The van der Waals surface area contributed by atoms with Gasteiger partial charge in [-0.15, -0.1) is 11.8 Å². The number of ether oxygens (including phenoxy) is 2. The maximum Gasteiger partial charge on any atom is 0.260 e. The molecule has 1 aliphatic rings. The summed E-state index contributed by atoms with van der Waals surface area (Å²) in [7, 11) is 0. The first-order chi connectivity index (χ1) is 9.69. The van der Waals surface area contributed by atoms with E-state index in [9.17, 15) is 4.79 Å². The molecule has 2 rings (SSSR count). The predicted octanol–water partition coefficient (Wildman–Crippen LogP) is 2.47. The Hall–Kier alpha value is -1.20. The molecule has 5 heteroatoms. The van der Waals surface area contributed by atoms with Gasteiger partial charge in [-0.1, -0.05) is 0 Å². The molecule has 1 heterocycles. The lowest BCUT2D eigenvalue weighted by molar-refractivity contribution is -0.127. The van der Waals surface area contributed by atoms with Crippen LogP contribution in [-0.2, 0) is 9.53 Å². The SMILES string of the molecule is CSc1ccc(OC(C)C(=O)NCC2CCCO2)cc1. The van der Waals surface area contributed by atoms with Crippen molar-refractivity contribution in [2.24, 2.45) is 0 Å². The van der Waals surface area contributed by atoms with E-state index in [2.05, 4.69) is 5.32 Å². The van der Waals surface area contributed by atoms with Gasteiger partial charge in [-0.05, 0) is 50.3 Å². The van der Waals surface area contributed by atoms with Crippen LogP contribution in [0.1, 0.15) is 19.8 Å². The van der Waals surface area contributed by atoms with Gasteiger partial charge in [0.05, 0.1) is 6.10 Å². The Balaban J connectivity index is 1.77. The van der Waals surface area contributed by atoms with Crippen molar-refractivity contribution in [1.29, 1.82) is 0 Å². The summed E-state index contributed by atoms with van der Waals surface area (Å²) in [6, 6.07) is 7.74. The van der Waals surface area contributed by atoms with Gasteiger partial charge in [-0.3, -0.25) is 4.79 Å². The van der Waals surface area contributed by atoms with E-state index in [0.29, 0.717) is 12.3 Å². The second-order valence-electron chi connectivity index (χ2n) is 4.82. The van der Waals surface area contributed by atoms with Crippen LogP contribution in [-0.4, -0.2) is 37.5 Å². The van der Waals surface area contributed by atoms with Gasteiger partial charge in [0.1, 0.15) is 5.75 Å². The van der Waals surface area contributed by atoms with E-state index in [1.54, 1.807) is 18.7 Å². The van der Waals surface area contributed by atoms with Crippen LogP contribution in [0.3, 0.4) is 0 Å². The van der Waals surface area contributed by atoms with E-state index < -0.39 is 6.10 Å². The Bertz CT molecular complexity index is 429. The summed E-state index contributed by atoms with van der Waals surface area (Å²) in [5.41, 5.74) is 0. The van der Waals surface area contributed by atoms with Gasteiger partial charge in [-0.25, -0.2) is 0 Å². The van der Waals surface area contributed by atoms with E-state index in [-0.39, 0.29) is 12.0 Å². The van der Waals surface area contributed by atoms with Crippen molar-refractivity contribution in [3.05, 3.63) is 24.3 Å². The molecule has 0 spiro atoms. The minimum Gasteiger partial charge on any atom is -0.481 e. The Morgan fingerprint density at radius 2 is 2.25 bits per heavy atom. The van der Waals surface area contributed by atoms with Crippen LogP contribution in [0.4, 0.5) is 0 Å². The zero-order valence-electron chi connectivity index (χ0n) is 11.9. The number of amides is 1. The fraction of sp³-hybridized carbons (Fsp3) is 0.533. The third-order valence-corrected chi connectivity index (χ3v) is 4.01. The smallest absolute Gasteiger partial charge is 0.260 e. The minimum atomic E-state index is -0.503. The minimum absolute atomic E-state index is 0.102. The van der Waals surface area contributed by atoms with E-state index in [1.165, 1.54) is 4.90 Å². The van der Waals surface area contributed by atoms with Gasteiger partial charge in [0.25, 0.3) is 5.91 Å². The molecular formula is C15H21NO3S. The van der Waals surface area contributed by atoms with Crippen molar-refractivity contribution >= 4 is 17.7 Å². The third-order valence-electron chi connectivity index (χ3n) is 3.27. The molecule has 1 saturated heterocycles. The van der Waals surface area contributed by atoms with E-state index in [1.807, 2.05) is 30.5 Å². The largest absolute Gasteiger partial charge is 0.481 e. The maximum atomic E-state index is 11.9. The number of hydrogen-bond donors (Lipinski definition) is 1. The van der Waals surface area contributed by atoms with E-state index in [4.69, 9.17) is 9.47 Å². The number of nitrogens with one attached hydrogen (secondary N) is 1. The molecule has 0 radical (unpaired) electrons. The molecule has 0 aromatic heterocycles. The summed E-state index contributed by atoms with van der Waals surface area (Å²) >= 11 is 1.68. The molecule has 2 unspecified atom stereocenters. The number of carbonyl (C=O) groups excluding carboxylic acids is 1. The van der Waals surface area contributed by atoms with Crippen LogP contribution in [0.2, 0.25) is 0 Å². The normalized spacial score (nSPS) is 19.6. The zero-order valence-corrected chi connectivity index (χ0v) is 12.7. The molecule has 2 atom stereocenters. The first-order valence-electron chi connectivity index (χ1n) is 6.89. The molecule has 110 valence electrons. The second-order valence-corrected chi connectivity index (χ2v) is 5.70. The standard InChI is InChI=1S/C15H21NO3S/c1-11(15(17)16-10-13-4-3-9-18-13)19-12-5-7-14(20-2)8-6-12/h5-8,11,13H,3-4,9-10H2,1-2H3,(H,16,17). The summed E-state index contributed by atoms with van der Waals surface area (Å²) in [5, 5.41) is 2.87. The number of benzene rings is 1. The van der Waals surface area contributed by atoms with Gasteiger partial charge in [0.2, 0.25) is 0 Å². The highest BCUT2D eigenvalue weighted by Gasteiger charge is 2.19. The van der Waals surface area contributed by atoms with Crippen LogP contribution >= 0.6 is 11.8 Å². The lowest BCUT2D eigenvalue weighted by Gasteiger charge is -2.16. The maximum absolute atomic E-state index is 11.9. The molecule has 1 N–H and O–H groups in total. The van der Waals surface area contributed by atoms with Gasteiger partial charge in [-0.2, -0.15) is 0 Å². The topological polar surface area (TPSA) is 47.6 Å². The van der Waals surface area contributed by atoms with Crippen molar-refractivity contribution in [1.82, 2.24) is 5.32 Å². The molecule has 1 aromatic rings. The number of thioether (sulfide) groups is 1. The molecule has 0 aliphatic carbocycles. The van der Waals surface area contributed by atoms with Crippen LogP contribution in [0, 0.1) is 0 Å². The van der Waals surface area contributed by atoms with E-state index in [0.717, 1.165) is 19.4 Å². The summed E-state index contributed by atoms with van der Waals surface area (Å²) in [6.45, 7) is 3.12. The molecule has 1 aliphatic heterocycles. The highest BCUT2D eigenvalue weighted by atomic mass is 32.2. The van der Waals surface area contributed by atoms with Crippen LogP contribution in [0.25, 0.3) is 0 Å². The third kappa shape index (κ3) is 4.42. The summed E-state index contributed by atoms with van der Waals surface area (Å²) in [5.74, 6) is 0.608. The van der Waals surface area contributed by atoms with Crippen molar-refractivity contribution in [3.63, 3.8) is 0 Å². The van der Waals surface area contributed by atoms with E-state index >= 15 is 0 Å². The Morgan fingerprint density at radius 1 is 1.50 bits per heavy atom. The molecule has 0 bridgehead atoms. The van der Waals surface area contributed by atoms with Gasteiger partial charge >= 0.3 is 0 Å². The van der Waals surface area contributed by atoms with Crippen molar-refractivity contribution in [3.8, 4) is 5.75 Å². The quantitative estimate of drug-likeness (QED) is 0.819. The summed E-state index contributed by atoms with van der Waals surface area (Å²) < 4.78 is 11.1. The molecule has 20 heavy (non-hydrogen) atoms. The molecule has 0 saturated carbocycles. The molecule has 4 nitrogen and oxygen atoms in total. The Labute approximate surface area is 124 Å². The monoisotopic (exact) mass is 295 g/mol. The van der Waals surface area contributed by atoms with Gasteiger partial charge in [0.15, 0.2) is 6.10 Å². The molecule has 1 fully saturated rings. The van der Waals surface area contributed by atoms with Crippen molar-refractivity contribution in [2.45, 2.75) is 36.9 Å². The number of rotatable bonds is 6. The lowest BCUT2D eigenvalue weighted by Crippen LogP contribution is -2.40. The Kier molecular flexibility index (Phi) is 5.73. The number of carbonyl (C=O) groups is 1. The predicted molar refractivity (Wildman–Crippen MR) is 80.3 cm³/mol. The molecular weight excluding hydrogens is 274 g/mol. The number of hydrogen-bond acceptors (Lipinski definition) is 4. The van der Waals surface area contributed by atoms with Gasteiger partial charge in [0, 0.05) is 18.0 Å². The zero-order chi connectivity index (χ0) is 14.4. The molecule has 1 aromatic carbocycles. The highest BCUT2D eigenvalue weighted by Crippen LogP contribution is 2.19. The summed E-state index contributed by atoms with van der Waals surface area (Å²) in [6.07, 6.45) is 3.78. The summed E-state index contributed by atoms with van der Waals surface area (Å²) in [4.78, 5) is 13.1. The van der Waals surface area contributed by atoms with Crippen LogP contribution < -0.4 is 10.1 Å². The fourth-order valence-electron chi connectivity index (χ4n) is 2.08. The second kappa shape index (κ2) is 7.55. The Morgan fingerprint density at radius 3 is 2.85 bits per heavy atom. The first-order valence-corrected chi connectivity index (χ1v) is 8.11. The van der Waals surface area contributed by atoms with Crippen LogP contribution in [0.15, 0.2) is 29.2 Å². The molecule has 1 amide bonds. The lowest BCUT2D eigenvalue weighted by atomic mass is 10.2. The average Bonchev–Trinajstić information content (AvgIpc) is 2.98. The fourth-order valence-corrected chi connectivity index (χ4v) is 2.48.